The van der Waals surface area contributed by atoms with Gasteiger partial charge >= 0.3 is 0 Å². The fourth-order valence-electron chi connectivity index (χ4n) is 1.08. The Labute approximate surface area is 90.4 Å². The first kappa shape index (κ1) is 16.4. The molecule has 0 aliphatic heterocycles. The first-order valence-corrected chi connectivity index (χ1v) is 6.12. The van der Waals surface area contributed by atoms with Gasteiger partial charge < -0.3 is 11.5 Å². The van der Waals surface area contributed by atoms with Crippen LogP contribution in [0.2, 0.25) is 0 Å². The van der Waals surface area contributed by atoms with E-state index < -0.39 is 0 Å². The van der Waals surface area contributed by atoms with Gasteiger partial charge in [-0.2, -0.15) is 0 Å². The number of hydrogen-bond donors (Lipinski definition) is 2. The molecule has 0 aliphatic rings. The Balaban J connectivity index is 0. The predicted molar refractivity (Wildman–Crippen MR) is 66.3 cm³/mol. The van der Waals surface area contributed by atoms with Gasteiger partial charge in [0.15, 0.2) is 0 Å². The van der Waals surface area contributed by atoms with Gasteiger partial charge in [-0.15, -0.1) is 0 Å². The van der Waals surface area contributed by atoms with Crippen molar-refractivity contribution in [1.29, 1.82) is 0 Å². The zero-order valence-electron chi connectivity index (χ0n) is 10.4. The Morgan fingerprint density at radius 1 is 0.929 bits per heavy atom. The summed E-state index contributed by atoms with van der Waals surface area (Å²) in [4.78, 5) is 0. The molecule has 0 rings (SSSR count). The zero-order chi connectivity index (χ0) is 11.2. The van der Waals surface area contributed by atoms with Gasteiger partial charge in [0.25, 0.3) is 0 Å². The summed E-state index contributed by atoms with van der Waals surface area (Å²) in [6, 6.07) is 0. The summed E-state index contributed by atoms with van der Waals surface area (Å²) >= 11 is 0. The summed E-state index contributed by atoms with van der Waals surface area (Å²) in [6.45, 7) is 8.20. The van der Waals surface area contributed by atoms with Crippen LogP contribution in [0, 0.1) is 5.92 Å². The molecule has 0 bridgehead atoms. The summed E-state index contributed by atoms with van der Waals surface area (Å²) in [5.41, 5.74) is 10.7. The molecule has 0 aromatic rings. The molecule has 88 valence electrons. The van der Waals surface area contributed by atoms with Crippen LogP contribution in [0.15, 0.2) is 0 Å². The minimum absolute atomic E-state index is 0.651. The molecular weight excluding hydrogens is 172 g/mol. The van der Waals surface area contributed by atoms with E-state index in [4.69, 9.17) is 11.5 Å². The molecule has 14 heavy (non-hydrogen) atoms. The van der Waals surface area contributed by atoms with E-state index in [-0.39, 0.29) is 0 Å². The largest absolute Gasteiger partial charge is 0.330 e. The average molecular weight is 202 g/mol. The highest BCUT2D eigenvalue weighted by atomic mass is 14.5. The standard InChI is InChI=1S/C6H16N2.C6H14/c1-6(5-8)3-2-4-7;1-3-5-6-4-2/h6H,2-5,7-8H2,1H3;3-6H2,1-2H3. The van der Waals surface area contributed by atoms with E-state index in [9.17, 15) is 0 Å². The van der Waals surface area contributed by atoms with Gasteiger partial charge in [0, 0.05) is 0 Å². The molecule has 0 radical (unpaired) electrons. The molecule has 0 saturated heterocycles. The third-order valence-electron chi connectivity index (χ3n) is 2.26. The lowest BCUT2D eigenvalue weighted by Crippen LogP contribution is -2.12. The van der Waals surface area contributed by atoms with Crippen LogP contribution in [0.1, 0.15) is 59.3 Å². The fourth-order valence-corrected chi connectivity index (χ4v) is 1.08. The topological polar surface area (TPSA) is 52.0 Å². The van der Waals surface area contributed by atoms with E-state index in [1.165, 1.54) is 32.1 Å². The Kier molecular flexibility index (Phi) is 18.0. The van der Waals surface area contributed by atoms with Crippen LogP contribution in [-0.4, -0.2) is 13.1 Å². The molecule has 0 amide bonds. The molecule has 0 fully saturated rings. The molecule has 0 heterocycles. The normalized spacial score (nSPS) is 11.8. The molecule has 4 N–H and O–H groups in total. The first-order chi connectivity index (χ1) is 6.72. The Morgan fingerprint density at radius 2 is 1.43 bits per heavy atom. The quantitative estimate of drug-likeness (QED) is 0.624. The zero-order valence-corrected chi connectivity index (χ0v) is 10.4. The fraction of sp³-hybridized carbons (Fsp3) is 1.00. The number of nitrogens with two attached hydrogens (primary N) is 2. The Morgan fingerprint density at radius 3 is 1.71 bits per heavy atom. The van der Waals surface area contributed by atoms with Crippen LogP contribution in [0.5, 0.6) is 0 Å². The van der Waals surface area contributed by atoms with Crippen LogP contribution >= 0.6 is 0 Å². The van der Waals surface area contributed by atoms with Gasteiger partial charge in [0.05, 0.1) is 0 Å². The van der Waals surface area contributed by atoms with E-state index in [1.807, 2.05) is 0 Å². The van der Waals surface area contributed by atoms with E-state index in [0.717, 1.165) is 19.5 Å². The average Bonchev–Trinajstić information content (AvgIpc) is 2.23. The Bertz CT molecular complexity index is 80.4. The van der Waals surface area contributed by atoms with E-state index in [1.54, 1.807) is 0 Å². The maximum Gasteiger partial charge on any atom is -0.00515 e. The molecule has 1 atom stereocenters. The van der Waals surface area contributed by atoms with Gasteiger partial charge in [-0.1, -0.05) is 46.5 Å². The van der Waals surface area contributed by atoms with Crippen LogP contribution in [0.25, 0.3) is 0 Å². The molecule has 1 unspecified atom stereocenters. The van der Waals surface area contributed by atoms with Crippen molar-refractivity contribution >= 4 is 0 Å². The Hall–Kier alpha value is -0.0800. The van der Waals surface area contributed by atoms with Crippen molar-refractivity contribution in [2.24, 2.45) is 17.4 Å². The van der Waals surface area contributed by atoms with Crippen LogP contribution in [0.3, 0.4) is 0 Å². The predicted octanol–water partition coefficient (Wildman–Crippen LogP) is 2.91. The van der Waals surface area contributed by atoms with E-state index in [2.05, 4.69) is 20.8 Å². The maximum absolute atomic E-state index is 5.37. The van der Waals surface area contributed by atoms with Gasteiger partial charge in [0.1, 0.15) is 0 Å². The third kappa shape index (κ3) is 17.9. The lowest BCUT2D eigenvalue weighted by molar-refractivity contribution is 0.525. The van der Waals surface area contributed by atoms with Crippen molar-refractivity contribution in [3.63, 3.8) is 0 Å². The highest BCUT2D eigenvalue weighted by molar-refractivity contribution is 4.52. The molecular formula is C12H30N2. The third-order valence-corrected chi connectivity index (χ3v) is 2.26. The lowest BCUT2D eigenvalue weighted by Gasteiger charge is -2.04. The van der Waals surface area contributed by atoms with Gasteiger partial charge in [-0.25, -0.2) is 0 Å². The minimum atomic E-state index is 0.651. The molecule has 2 heteroatoms. The second kappa shape index (κ2) is 15.4. The summed E-state index contributed by atoms with van der Waals surface area (Å²) in [5.74, 6) is 0.651. The number of unbranched alkanes of at least 4 members (excludes halogenated alkanes) is 3. The highest BCUT2D eigenvalue weighted by Gasteiger charge is 1.95. The number of rotatable bonds is 7. The smallest absolute Gasteiger partial charge is 0.00515 e. The van der Waals surface area contributed by atoms with Crippen molar-refractivity contribution in [2.45, 2.75) is 59.3 Å². The summed E-state index contributed by atoms with van der Waals surface area (Å²) < 4.78 is 0. The second-order valence-corrected chi connectivity index (χ2v) is 3.98. The highest BCUT2D eigenvalue weighted by Crippen LogP contribution is 2.00. The van der Waals surface area contributed by atoms with Crippen molar-refractivity contribution in [3.05, 3.63) is 0 Å². The van der Waals surface area contributed by atoms with Crippen molar-refractivity contribution in [2.75, 3.05) is 13.1 Å². The summed E-state index contributed by atoms with van der Waals surface area (Å²) in [6.07, 6.45) is 7.82. The molecule has 0 aromatic heterocycles. The SMILES string of the molecule is CC(CN)CCCN.CCCCCC. The van der Waals surface area contributed by atoms with Gasteiger partial charge in [-0.05, 0) is 31.8 Å². The van der Waals surface area contributed by atoms with E-state index >= 15 is 0 Å². The lowest BCUT2D eigenvalue weighted by atomic mass is 10.1. The summed E-state index contributed by atoms with van der Waals surface area (Å²) in [5, 5.41) is 0. The van der Waals surface area contributed by atoms with Crippen LogP contribution in [-0.2, 0) is 0 Å². The molecule has 0 spiro atoms. The summed E-state index contributed by atoms with van der Waals surface area (Å²) in [7, 11) is 0. The molecule has 0 aliphatic carbocycles. The van der Waals surface area contributed by atoms with Crippen LogP contribution in [0.4, 0.5) is 0 Å². The number of hydrogen-bond acceptors (Lipinski definition) is 2. The second-order valence-electron chi connectivity index (χ2n) is 3.98. The van der Waals surface area contributed by atoms with Gasteiger partial charge in [-0.3, -0.25) is 0 Å². The molecule has 0 aromatic carbocycles. The van der Waals surface area contributed by atoms with Crippen LogP contribution < -0.4 is 11.5 Å². The molecule has 2 nitrogen and oxygen atoms in total. The van der Waals surface area contributed by atoms with E-state index in [0.29, 0.717) is 5.92 Å². The van der Waals surface area contributed by atoms with Crippen molar-refractivity contribution < 1.29 is 0 Å². The monoisotopic (exact) mass is 202 g/mol. The van der Waals surface area contributed by atoms with Crippen molar-refractivity contribution in [1.82, 2.24) is 0 Å². The maximum atomic E-state index is 5.37. The van der Waals surface area contributed by atoms with Crippen molar-refractivity contribution in [3.8, 4) is 0 Å². The first-order valence-electron chi connectivity index (χ1n) is 6.12. The molecule has 0 saturated carbocycles. The van der Waals surface area contributed by atoms with Gasteiger partial charge in [0.2, 0.25) is 0 Å². The minimum Gasteiger partial charge on any atom is -0.330 e.